The third-order valence-electron chi connectivity index (χ3n) is 4.94. The molecule has 0 aliphatic heterocycles. The molecule has 7 heteroatoms. The second kappa shape index (κ2) is 12.0. The fourth-order valence-corrected chi connectivity index (χ4v) is 4.84. The highest BCUT2D eigenvalue weighted by atomic mass is 32.2. The quantitative estimate of drug-likeness (QED) is 0.383. The first-order chi connectivity index (χ1) is 13.1. The van der Waals surface area contributed by atoms with Crippen LogP contribution in [0.15, 0.2) is 34.2 Å². The minimum atomic E-state index is -0.709. The molecule has 1 aromatic heterocycles. The summed E-state index contributed by atoms with van der Waals surface area (Å²) in [7, 11) is -0.709. The minimum absolute atomic E-state index is 0.0484. The molecule has 0 spiro atoms. The van der Waals surface area contributed by atoms with Crippen LogP contribution in [0.1, 0.15) is 52.4 Å². The molecule has 1 aliphatic carbocycles. The molecule has 1 aromatic rings. The van der Waals surface area contributed by atoms with E-state index in [0.29, 0.717) is 11.3 Å². The van der Waals surface area contributed by atoms with E-state index in [1.807, 2.05) is 19.2 Å². The van der Waals surface area contributed by atoms with Crippen LogP contribution >= 0.6 is 0 Å². The predicted octanol–water partition coefficient (Wildman–Crippen LogP) is 2.26. The van der Waals surface area contributed by atoms with Crippen molar-refractivity contribution in [1.29, 1.82) is 0 Å². The van der Waals surface area contributed by atoms with Crippen LogP contribution in [0.4, 0.5) is 0 Å². The van der Waals surface area contributed by atoms with E-state index in [0.717, 1.165) is 69.9 Å². The van der Waals surface area contributed by atoms with Crippen LogP contribution < -0.4 is 16.2 Å². The zero-order valence-electron chi connectivity index (χ0n) is 16.7. The molecule has 6 nitrogen and oxygen atoms in total. The first-order valence-corrected chi connectivity index (χ1v) is 11.6. The maximum absolute atomic E-state index is 12.1. The first-order valence-electron chi connectivity index (χ1n) is 10.2. The summed E-state index contributed by atoms with van der Waals surface area (Å²) < 4.78 is 13.9. The lowest BCUT2D eigenvalue weighted by molar-refractivity contribution is 0.413. The average molecular weight is 395 g/mol. The van der Waals surface area contributed by atoms with Crippen LogP contribution in [-0.4, -0.2) is 44.9 Å². The molecule has 0 saturated heterocycles. The maximum atomic E-state index is 12.1. The lowest BCUT2D eigenvalue weighted by Crippen LogP contribution is -2.46. The topological polar surface area (TPSA) is 75.5 Å². The smallest absolute Gasteiger partial charge is 0.250 e. The molecule has 1 saturated carbocycles. The summed E-state index contributed by atoms with van der Waals surface area (Å²) in [6.07, 6.45) is 7.96. The largest absolute Gasteiger partial charge is 0.357 e. The summed E-state index contributed by atoms with van der Waals surface area (Å²) in [6.45, 7) is 6.35. The Labute approximate surface area is 165 Å². The number of hydrogen-bond donors (Lipinski definition) is 2. The molecule has 0 aromatic carbocycles. The number of aliphatic imine (C=N–C) groups is 1. The van der Waals surface area contributed by atoms with Crippen molar-refractivity contribution in [3.63, 3.8) is 0 Å². The van der Waals surface area contributed by atoms with E-state index in [4.69, 9.17) is 0 Å². The molecular weight excluding hydrogens is 360 g/mol. The molecule has 2 rings (SSSR count). The normalized spacial score (nSPS) is 21.6. The van der Waals surface area contributed by atoms with Crippen molar-refractivity contribution in [1.82, 2.24) is 15.2 Å². The van der Waals surface area contributed by atoms with Gasteiger partial charge in [0.1, 0.15) is 0 Å². The van der Waals surface area contributed by atoms with Gasteiger partial charge in [-0.25, -0.2) is 0 Å². The summed E-state index contributed by atoms with van der Waals surface area (Å²) >= 11 is 0. The molecule has 0 amide bonds. The van der Waals surface area contributed by atoms with Crippen LogP contribution in [0.5, 0.6) is 0 Å². The van der Waals surface area contributed by atoms with Crippen molar-refractivity contribution >= 4 is 16.8 Å². The molecule has 1 fully saturated rings. The molecule has 152 valence electrons. The molecule has 2 N–H and O–H groups in total. The van der Waals surface area contributed by atoms with Gasteiger partial charge in [-0.3, -0.25) is 14.0 Å². The monoisotopic (exact) mass is 394 g/mol. The van der Waals surface area contributed by atoms with E-state index < -0.39 is 10.8 Å². The number of rotatable bonds is 9. The van der Waals surface area contributed by atoms with Gasteiger partial charge in [0.25, 0.3) is 0 Å². The summed E-state index contributed by atoms with van der Waals surface area (Å²) in [6, 6.07) is 5.59. The van der Waals surface area contributed by atoms with E-state index >= 15 is 0 Å². The van der Waals surface area contributed by atoms with E-state index in [-0.39, 0.29) is 5.56 Å². The Balaban J connectivity index is 1.78. The van der Waals surface area contributed by atoms with Crippen LogP contribution in [0.2, 0.25) is 0 Å². The summed E-state index contributed by atoms with van der Waals surface area (Å²) in [4.78, 5) is 16.4. The third-order valence-corrected chi connectivity index (χ3v) is 6.68. The maximum Gasteiger partial charge on any atom is 0.250 e. The van der Waals surface area contributed by atoms with Gasteiger partial charge in [-0.15, -0.1) is 0 Å². The number of aromatic nitrogens is 1. The van der Waals surface area contributed by atoms with Crippen molar-refractivity contribution in [2.75, 3.05) is 18.8 Å². The van der Waals surface area contributed by atoms with E-state index in [2.05, 4.69) is 22.5 Å². The van der Waals surface area contributed by atoms with Gasteiger partial charge in [-0.1, -0.05) is 19.4 Å². The highest BCUT2D eigenvalue weighted by molar-refractivity contribution is 7.85. The van der Waals surface area contributed by atoms with Gasteiger partial charge in [-0.05, 0) is 45.1 Å². The second-order valence-corrected chi connectivity index (χ2v) is 9.00. The van der Waals surface area contributed by atoms with Crippen LogP contribution in [-0.2, 0) is 17.3 Å². The lowest BCUT2D eigenvalue weighted by atomic mass is 9.95. The van der Waals surface area contributed by atoms with Crippen LogP contribution in [0, 0.1) is 0 Å². The van der Waals surface area contributed by atoms with Gasteiger partial charge in [0.2, 0.25) is 5.56 Å². The van der Waals surface area contributed by atoms with E-state index in [1.165, 1.54) is 0 Å². The molecule has 0 bridgehead atoms. The third kappa shape index (κ3) is 7.48. The van der Waals surface area contributed by atoms with Crippen molar-refractivity contribution < 1.29 is 4.21 Å². The van der Waals surface area contributed by atoms with E-state index in [1.54, 1.807) is 16.7 Å². The van der Waals surface area contributed by atoms with Crippen molar-refractivity contribution in [3.8, 4) is 0 Å². The number of nitrogens with one attached hydrogen (secondary N) is 2. The fourth-order valence-electron chi connectivity index (χ4n) is 3.49. The minimum Gasteiger partial charge on any atom is -0.357 e. The zero-order valence-corrected chi connectivity index (χ0v) is 17.5. The van der Waals surface area contributed by atoms with Crippen molar-refractivity contribution in [3.05, 3.63) is 34.7 Å². The summed E-state index contributed by atoms with van der Waals surface area (Å²) in [5.41, 5.74) is 0.0484. The molecule has 0 radical (unpaired) electrons. The van der Waals surface area contributed by atoms with Crippen molar-refractivity contribution in [2.45, 2.75) is 70.2 Å². The van der Waals surface area contributed by atoms with E-state index in [9.17, 15) is 9.00 Å². The predicted molar refractivity (Wildman–Crippen MR) is 114 cm³/mol. The Morgan fingerprint density at radius 2 is 2.15 bits per heavy atom. The number of guanidine groups is 1. The van der Waals surface area contributed by atoms with Crippen molar-refractivity contribution in [2.24, 2.45) is 4.99 Å². The summed E-state index contributed by atoms with van der Waals surface area (Å²) in [5, 5.41) is 7.16. The average Bonchev–Trinajstić information content (AvgIpc) is 2.68. The Bertz CT molecular complexity index is 674. The van der Waals surface area contributed by atoms with Gasteiger partial charge < -0.3 is 15.2 Å². The second-order valence-electron chi connectivity index (χ2n) is 7.00. The number of unbranched alkanes of at least 4 members (excludes halogenated alkanes) is 1. The van der Waals surface area contributed by atoms with Gasteiger partial charge in [0.05, 0.1) is 0 Å². The van der Waals surface area contributed by atoms with Gasteiger partial charge in [0.15, 0.2) is 5.96 Å². The Morgan fingerprint density at radius 3 is 2.89 bits per heavy atom. The zero-order chi connectivity index (χ0) is 19.5. The van der Waals surface area contributed by atoms with Crippen LogP contribution in [0.3, 0.4) is 0 Å². The number of pyridine rings is 1. The van der Waals surface area contributed by atoms with Gasteiger partial charge >= 0.3 is 0 Å². The lowest BCUT2D eigenvalue weighted by Gasteiger charge is -2.30. The van der Waals surface area contributed by atoms with Gasteiger partial charge in [-0.2, -0.15) is 0 Å². The Hall–Kier alpha value is -1.63. The van der Waals surface area contributed by atoms with Gasteiger partial charge in [0, 0.05) is 59.7 Å². The Kier molecular flexibility index (Phi) is 9.59. The molecule has 1 heterocycles. The standard InChI is InChI=1S/C20H34N4O2S/c1-3-21-20(23-17-10-9-11-18(16-17)27(26)4-2)22-13-6-8-15-24-14-7-5-12-19(24)25/h5,7,12,14,17-18H,3-4,6,8-11,13,15-16H2,1-2H3,(H2,21,22,23). The summed E-state index contributed by atoms with van der Waals surface area (Å²) in [5.74, 6) is 1.60. The molecule has 3 unspecified atom stereocenters. The number of hydrogen-bond acceptors (Lipinski definition) is 3. The number of aryl methyl sites for hydroxylation is 1. The first kappa shape index (κ1) is 21.7. The molecule has 1 aliphatic rings. The SMILES string of the molecule is CCNC(=NCCCCn1ccccc1=O)NC1CCCC(S(=O)CC)C1. The Morgan fingerprint density at radius 1 is 1.30 bits per heavy atom. The highest BCUT2D eigenvalue weighted by Crippen LogP contribution is 2.22. The molecular formula is C20H34N4O2S. The number of nitrogens with zero attached hydrogens (tertiary/aromatic N) is 2. The highest BCUT2D eigenvalue weighted by Gasteiger charge is 2.25. The molecule has 27 heavy (non-hydrogen) atoms. The van der Waals surface area contributed by atoms with Crippen LogP contribution in [0.25, 0.3) is 0 Å². The fraction of sp³-hybridized carbons (Fsp3) is 0.700. The molecule has 3 atom stereocenters.